The first-order chi connectivity index (χ1) is 11.4. The van der Waals surface area contributed by atoms with Gasteiger partial charge in [0.1, 0.15) is 0 Å². The molecule has 0 saturated carbocycles. The van der Waals surface area contributed by atoms with Gasteiger partial charge in [-0.15, -0.1) is 11.3 Å². The lowest BCUT2D eigenvalue weighted by molar-refractivity contribution is 0.245. The number of benzene rings is 1. The summed E-state index contributed by atoms with van der Waals surface area (Å²) in [6, 6.07) is 8.33. The van der Waals surface area contributed by atoms with Crippen molar-refractivity contribution in [1.82, 2.24) is 10.3 Å². The van der Waals surface area contributed by atoms with Crippen LogP contribution in [0.3, 0.4) is 0 Å². The standard InChI is InChI=1S/C19H25N3OS/c1-13-11-14-7-5-6-8-15(14)22(13)18(23)20-10-9-17-21-16(12-24-17)19(2,3)4/h5-8,12-13H,9-11H2,1-4H3,(H,20,23). The Morgan fingerprint density at radius 2 is 2.12 bits per heavy atom. The quantitative estimate of drug-likeness (QED) is 0.910. The lowest BCUT2D eigenvalue weighted by Crippen LogP contribution is -2.43. The Hall–Kier alpha value is -1.88. The molecule has 24 heavy (non-hydrogen) atoms. The van der Waals surface area contributed by atoms with E-state index in [1.54, 1.807) is 11.3 Å². The van der Waals surface area contributed by atoms with E-state index in [-0.39, 0.29) is 17.5 Å². The van der Waals surface area contributed by atoms with E-state index >= 15 is 0 Å². The van der Waals surface area contributed by atoms with Crippen molar-refractivity contribution in [2.45, 2.75) is 52.0 Å². The number of hydrogen-bond donors (Lipinski definition) is 1. The summed E-state index contributed by atoms with van der Waals surface area (Å²) in [6.45, 7) is 9.21. The number of rotatable bonds is 3. The molecule has 128 valence electrons. The number of carbonyl (C=O) groups excluding carboxylic acids is 1. The maximum atomic E-state index is 12.6. The smallest absolute Gasteiger partial charge is 0.322 e. The predicted octanol–water partition coefficient (Wildman–Crippen LogP) is 4.14. The average Bonchev–Trinajstić information content (AvgIpc) is 3.10. The SMILES string of the molecule is CC1Cc2ccccc2N1C(=O)NCCc1nc(C(C)(C)C)cs1. The van der Waals surface area contributed by atoms with E-state index in [9.17, 15) is 4.79 Å². The van der Waals surface area contributed by atoms with Gasteiger partial charge in [0.05, 0.1) is 10.7 Å². The third-order valence-electron chi connectivity index (χ3n) is 4.36. The number of anilines is 1. The van der Waals surface area contributed by atoms with Crippen LogP contribution in [0.1, 0.15) is 44.0 Å². The Morgan fingerprint density at radius 1 is 1.38 bits per heavy atom. The number of urea groups is 1. The van der Waals surface area contributed by atoms with Crippen molar-refractivity contribution in [3.8, 4) is 0 Å². The summed E-state index contributed by atoms with van der Waals surface area (Å²) in [4.78, 5) is 19.1. The molecular formula is C19H25N3OS. The fraction of sp³-hybridized carbons (Fsp3) is 0.474. The zero-order valence-corrected chi connectivity index (χ0v) is 15.6. The van der Waals surface area contributed by atoms with Crippen LogP contribution < -0.4 is 10.2 Å². The van der Waals surface area contributed by atoms with Crippen LogP contribution >= 0.6 is 11.3 Å². The van der Waals surface area contributed by atoms with E-state index in [4.69, 9.17) is 0 Å². The van der Waals surface area contributed by atoms with E-state index in [2.05, 4.69) is 49.4 Å². The molecule has 1 aromatic heterocycles. The summed E-state index contributed by atoms with van der Waals surface area (Å²) in [7, 11) is 0. The molecule has 5 heteroatoms. The highest BCUT2D eigenvalue weighted by molar-refractivity contribution is 7.09. The van der Waals surface area contributed by atoms with Gasteiger partial charge in [-0.3, -0.25) is 4.90 Å². The van der Waals surface area contributed by atoms with E-state index in [0.717, 1.165) is 29.2 Å². The molecule has 1 unspecified atom stereocenters. The van der Waals surface area contributed by atoms with Gasteiger partial charge in [0.2, 0.25) is 0 Å². The third kappa shape index (κ3) is 3.46. The van der Waals surface area contributed by atoms with Gasteiger partial charge in [0.15, 0.2) is 0 Å². The van der Waals surface area contributed by atoms with Gasteiger partial charge in [-0.25, -0.2) is 9.78 Å². The summed E-state index contributed by atoms with van der Waals surface area (Å²) in [6.07, 6.45) is 1.70. The summed E-state index contributed by atoms with van der Waals surface area (Å²) in [5.74, 6) is 0. The van der Waals surface area contributed by atoms with Gasteiger partial charge >= 0.3 is 6.03 Å². The molecule has 1 aliphatic heterocycles. The molecule has 2 heterocycles. The normalized spacial score (nSPS) is 17.0. The van der Waals surface area contributed by atoms with Crippen molar-refractivity contribution in [2.75, 3.05) is 11.4 Å². The highest BCUT2D eigenvalue weighted by atomic mass is 32.1. The highest BCUT2D eigenvalue weighted by Gasteiger charge is 2.30. The van der Waals surface area contributed by atoms with Crippen LogP contribution in [0.25, 0.3) is 0 Å². The van der Waals surface area contributed by atoms with E-state index in [0.29, 0.717) is 6.54 Å². The van der Waals surface area contributed by atoms with Gasteiger partial charge < -0.3 is 5.32 Å². The van der Waals surface area contributed by atoms with Crippen LogP contribution in [0.5, 0.6) is 0 Å². The van der Waals surface area contributed by atoms with Crippen molar-refractivity contribution >= 4 is 23.1 Å². The monoisotopic (exact) mass is 343 g/mol. The van der Waals surface area contributed by atoms with E-state index < -0.39 is 0 Å². The molecule has 0 radical (unpaired) electrons. The van der Waals surface area contributed by atoms with Crippen molar-refractivity contribution in [1.29, 1.82) is 0 Å². The number of thiazole rings is 1. The Balaban J connectivity index is 1.58. The third-order valence-corrected chi connectivity index (χ3v) is 5.27. The zero-order valence-electron chi connectivity index (χ0n) is 14.8. The van der Waals surface area contributed by atoms with E-state index in [1.807, 2.05) is 23.1 Å². The van der Waals surface area contributed by atoms with Crippen molar-refractivity contribution < 1.29 is 4.79 Å². The average molecular weight is 343 g/mol. The number of amides is 2. The molecule has 3 rings (SSSR count). The Morgan fingerprint density at radius 3 is 2.83 bits per heavy atom. The van der Waals surface area contributed by atoms with Crippen LogP contribution in [0.4, 0.5) is 10.5 Å². The molecule has 4 nitrogen and oxygen atoms in total. The molecule has 2 aromatic rings. The van der Waals surface area contributed by atoms with E-state index in [1.165, 1.54) is 5.56 Å². The number of para-hydroxylation sites is 1. The number of nitrogens with one attached hydrogen (secondary N) is 1. The number of hydrogen-bond acceptors (Lipinski definition) is 3. The molecule has 1 atom stereocenters. The first kappa shape index (κ1) is 17.0. The minimum absolute atomic E-state index is 0.0138. The second-order valence-corrected chi connectivity index (χ2v) is 8.35. The Kier molecular flexibility index (Phi) is 4.63. The second-order valence-electron chi connectivity index (χ2n) is 7.41. The fourth-order valence-electron chi connectivity index (χ4n) is 3.01. The maximum Gasteiger partial charge on any atom is 0.322 e. The number of fused-ring (bicyclic) bond motifs is 1. The van der Waals surface area contributed by atoms with Crippen molar-refractivity contribution in [3.63, 3.8) is 0 Å². The lowest BCUT2D eigenvalue weighted by Gasteiger charge is -2.23. The van der Waals surface area contributed by atoms with Crippen LogP contribution in [0.2, 0.25) is 0 Å². The summed E-state index contributed by atoms with van der Waals surface area (Å²) < 4.78 is 0. The first-order valence-corrected chi connectivity index (χ1v) is 9.34. The molecule has 2 amide bonds. The van der Waals surface area contributed by atoms with Gasteiger partial charge in [0.25, 0.3) is 0 Å². The topological polar surface area (TPSA) is 45.2 Å². The lowest BCUT2D eigenvalue weighted by atomic mass is 9.93. The summed E-state index contributed by atoms with van der Waals surface area (Å²) in [5.41, 5.74) is 3.48. The Bertz CT molecular complexity index is 732. The second kappa shape index (κ2) is 6.55. The minimum Gasteiger partial charge on any atom is -0.337 e. The molecule has 0 saturated heterocycles. The fourth-order valence-corrected chi connectivity index (χ4v) is 4.03. The first-order valence-electron chi connectivity index (χ1n) is 8.46. The molecule has 0 spiro atoms. The molecule has 1 aliphatic rings. The minimum atomic E-state index is -0.0138. The van der Waals surface area contributed by atoms with Gasteiger partial charge in [-0.2, -0.15) is 0 Å². The molecule has 1 N–H and O–H groups in total. The largest absolute Gasteiger partial charge is 0.337 e. The Labute approximate surface area is 147 Å². The zero-order chi connectivity index (χ0) is 17.3. The van der Waals surface area contributed by atoms with Crippen LogP contribution in [0.15, 0.2) is 29.6 Å². The molecule has 1 aromatic carbocycles. The summed E-state index contributed by atoms with van der Waals surface area (Å²) >= 11 is 1.67. The number of nitrogens with zero attached hydrogens (tertiary/aromatic N) is 2. The highest BCUT2D eigenvalue weighted by Crippen LogP contribution is 2.31. The molecule has 0 bridgehead atoms. The molecule has 0 aliphatic carbocycles. The van der Waals surface area contributed by atoms with Crippen LogP contribution in [0, 0.1) is 0 Å². The molecular weight excluding hydrogens is 318 g/mol. The van der Waals surface area contributed by atoms with Gasteiger partial charge in [-0.1, -0.05) is 39.0 Å². The predicted molar refractivity (Wildman–Crippen MR) is 100 cm³/mol. The summed E-state index contributed by atoms with van der Waals surface area (Å²) in [5, 5.41) is 6.25. The number of aromatic nitrogens is 1. The van der Waals surface area contributed by atoms with Gasteiger partial charge in [0, 0.05) is 35.5 Å². The van der Waals surface area contributed by atoms with Crippen molar-refractivity contribution in [3.05, 3.63) is 45.9 Å². The molecule has 0 fully saturated rings. The van der Waals surface area contributed by atoms with Crippen LogP contribution in [-0.4, -0.2) is 23.6 Å². The van der Waals surface area contributed by atoms with Gasteiger partial charge in [-0.05, 0) is 25.0 Å². The van der Waals surface area contributed by atoms with Crippen LogP contribution in [-0.2, 0) is 18.3 Å². The maximum absolute atomic E-state index is 12.6. The number of carbonyl (C=O) groups is 1. The van der Waals surface area contributed by atoms with Crippen molar-refractivity contribution in [2.24, 2.45) is 0 Å².